The number of amides is 1. The molecule has 1 aliphatic rings. The Morgan fingerprint density at radius 2 is 1.83 bits per heavy atom. The third-order valence-corrected chi connectivity index (χ3v) is 6.95. The van der Waals surface area contributed by atoms with Crippen molar-refractivity contribution in [3.8, 4) is 11.5 Å². The summed E-state index contributed by atoms with van der Waals surface area (Å²) in [4.78, 5) is 32.8. The maximum absolute atomic E-state index is 13.4. The van der Waals surface area contributed by atoms with E-state index in [0.717, 1.165) is 11.1 Å². The van der Waals surface area contributed by atoms with E-state index in [1.54, 1.807) is 37.4 Å². The van der Waals surface area contributed by atoms with E-state index in [-0.39, 0.29) is 11.3 Å². The predicted molar refractivity (Wildman–Crippen MR) is 140 cm³/mol. The quantitative estimate of drug-likeness (QED) is 0.198. The maximum Gasteiger partial charge on any atom is 0.301 e. The Labute approximate surface area is 212 Å². The molecule has 182 valence electrons. The van der Waals surface area contributed by atoms with Crippen LogP contribution >= 0.6 is 11.3 Å². The maximum atomic E-state index is 13.4. The molecular weight excluding hydrogens is 476 g/mol. The van der Waals surface area contributed by atoms with Crippen LogP contribution in [-0.2, 0) is 9.59 Å². The van der Waals surface area contributed by atoms with Gasteiger partial charge in [-0.05, 0) is 42.3 Å². The second-order valence-corrected chi connectivity index (χ2v) is 9.30. The van der Waals surface area contributed by atoms with E-state index in [4.69, 9.17) is 9.47 Å². The summed E-state index contributed by atoms with van der Waals surface area (Å²) in [6.45, 7) is 2.53. The zero-order valence-electron chi connectivity index (χ0n) is 19.8. The van der Waals surface area contributed by atoms with E-state index in [1.807, 2.05) is 49.4 Å². The van der Waals surface area contributed by atoms with Crippen molar-refractivity contribution >= 4 is 44.1 Å². The normalized spacial score (nSPS) is 17.1. The van der Waals surface area contributed by atoms with Gasteiger partial charge in [0.15, 0.2) is 5.13 Å². The SMILES string of the molecule is CCCOc1cccc(/C(O)=C2\C(=O)C(=O)N(c3nc4ccc(OC)cc4s3)C2c2ccccc2)c1. The molecule has 1 fully saturated rings. The molecule has 0 bridgehead atoms. The highest BCUT2D eigenvalue weighted by atomic mass is 32.1. The smallest absolute Gasteiger partial charge is 0.301 e. The molecule has 1 N–H and O–H groups in total. The largest absolute Gasteiger partial charge is 0.507 e. The van der Waals surface area contributed by atoms with E-state index in [1.165, 1.54) is 16.2 Å². The van der Waals surface area contributed by atoms with E-state index in [0.29, 0.717) is 39.9 Å². The van der Waals surface area contributed by atoms with Crippen LogP contribution in [0.2, 0.25) is 0 Å². The predicted octanol–water partition coefficient (Wildman–Crippen LogP) is 5.72. The summed E-state index contributed by atoms with van der Waals surface area (Å²) in [5.74, 6) is -0.515. The van der Waals surface area contributed by atoms with Crippen LogP contribution < -0.4 is 14.4 Å². The molecule has 5 rings (SSSR count). The number of carbonyl (C=O) groups is 2. The van der Waals surface area contributed by atoms with Gasteiger partial charge in [-0.1, -0.05) is 60.7 Å². The number of carbonyl (C=O) groups excluding carboxylic acids is 2. The van der Waals surface area contributed by atoms with Gasteiger partial charge in [-0.3, -0.25) is 14.5 Å². The van der Waals surface area contributed by atoms with Crippen molar-refractivity contribution in [1.82, 2.24) is 4.98 Å². The Kier molecular flexibility index (Phi) is 6.43. The number of aliphatic hydroxyl groups is 1. The molecule has 4 aromatic rings. The summed E-state index contributed by atoms with van der Waals surface area (Å²) in [5.41, 5.74) is 1.78. The number of thiazole rings is 1. The van der Waals surface area contributed by atoms with Gasteiger partial charge in [0.2, 0.25) is 0 Å². The monoisotopic (exact) mass is 500 g/mol. The topological polar surface area (TPSA) is 89.0 Å². The molecule has 1 unspecified atom stereocenters. The van der Waals surface area contributed by atoms with Gasteiger partial charge in [0.25, 0.3) is 5.78 Å². The minimum atomic E-state index is -0.839. The number of hydrogen-bond donors (Lipinski definition) is 1. The van der Waals surface area contributed by atoms with E-state index in [2.05, 4.69) is 4.98 Å². The second kappa shape index (κ2) is 9.83. The number of rotatable bonds is 7. The first-order valence-electron chi connectivity index (χ1n) is 11.6. The van der Waals surface area contributed by atoms with Crippen LogP contribution in [0.1, 0.15) is 30.5 Å². The fourth-order valence-corrected chi connectivity index (χ4v) is 5.23. The molecule has 1 amide bonds. The average molecular weight is 501 g/mol. The number of ether oxygens (including phenoxy) is 2. The standard InChI is InChI=1S/C28H24N2O5S/c1-3-14-35-20-11-7-10-18(15-20)25(31)23-24(17-8-5-4-6-9-17)30(27(33)26(23)32)28-29-21-13-12-19(34-2)16-22(21)36-28/h4-13,15-16,24,31H,3,14H2,1-2H3/b25-23+. The highest BCUT2D eigenvalue weighted by Gasteiger charge is 2.48. The molecule has 0 radical (unpaired) electrons. The van der Waals surface area contributed by atoms with Crippen LogP contribution in [0.15, 0.2) is 78.4 Å². The highest BCUT2D eigenvalue weighted by molar-refractivity contribution is 7.22. The number of Topliss-reactive ketones (excluding diaryl/α,β-unsaturated/α-hetero) is 1. The lowest BCUT2D eigenvalue weighted by Crippen LogP contribution is -2.29. The minimum Gasteiger partial charge on any atom is -0.507 e. The van der Waals surface area contributed by atoms with Crippen LogP contribution in [-0.4, -0.2) is 35.5 Å². The van der Waals surface area contributed by atoms with Gasteiger partial charge in [0, 0.05) is 5.56 Å². The van der Waals surface area contributed by atoms with E-state index < -0.39 is 17.7 Å². The van der Waals surface area contributed by atoms with Gasteiger partial charge in [-0.25, -0.2) is 4.98 Å². The third-order valence-electron chi connectivity index (χ3n) is 5.93. The van der Waals surface area contributed by atoms with Crippen LogP contribution in [0, 0.1) is 0 Å². The lowest BCUT2D eigenvalue weighted by atomic mass is 9.95. The Morgan fingerprint density at radius 1 is 1.03 bits per heavy atom. The Morgan fingerprint density at radius 3 is 2.58 bits per heavy atom. The molecule has 0 spiro atoms. The van der Waals surface area contributed by atoms with Crippen molar-refractivity contribution in [2.45, 2.75) is 19.4 Å². The van der Waals surface area contributed by atoms with Crippen molar-refractivity contribution in [1.29, 1.82) is 0 Å². The molecule has 1 aliphatic heterocycles. The molecule has 7 nitrogen and oxygen atoms in total. The fourth-order valence-electron chi connectivity index (χ4n) is 4.21. The summed E-state index contributed by atoms with van der Waals surface area (Å²) in [7, 11) is 1.58. The Hall–Kier alpha value is -4.17. The number of ketones is 1. The zero-order valence-corrected chi connectivity index (χ0v) is 20.6. The van der Waals surface area contributed by atoms with Crippen LogP contribution in [0.4, 0.5) is 5.13 Å². The molecule has 1 aromatic heterocycles. The molecule has 3 aromatic carbocycles. The van der Waals surface area contributed by atoms with Gasteiger partial charge in [0.05, 0.1) is 35.5 Å². The molecule has 36 heavy (non-hydrogen) atoms. The number of hydrogen-bond acceptors (Lipinski definition) is 7. The van der Waals surface area contributed by atoms with Crippen molar-refractivity contribution in [2.24, 2.45) is 0 Å². The van der Waals surface area contributed by atoms with Crippen LogP contribution in [0.5, 0.6) is 11.5 Å². The highest BCUT2D eigenvalue weighted by Crippen LogP contribution is 2.44. The fraction of sp³-hybridized carbons (Fsp3) is 0.179. The first-order chi connectivity index (χ1) is 17.5. The molecule has 1 atom stereocenters. The van der Waals surface area contributed by atoms with Crippen molar-refractivity contribution in [3.05, 3.63) is 89.5 Å². The number of nitrogens with zero attached hydrogens (tertiary/aromatic N) is 2. The average Bonchev–Trinajstić information content (AvgIpc) is 3.45. The summed E-state index contributed by atoms with van der Waals surface area (Å²) in [5, 5.41) is 11.7. The van der Waals surface area contributed by atoms with Crippen LogP contribution in [0.25, 0.3) is 16.0 Å². The van der Waals surface area contributed by atoms with Gasteiger partial charge < -0.3 is 14.6 Å². The summed E-state index contributed by atoms with van der Waals surface area (Å²) < 4.78 is 11.8. The molecule has 0 saturated carbocycles. The van der Waals surface area contributed by atoms with Gasteiger partial charge >= 0.3 is 5.91 Å². The number of aliphatic hydroxyl groups excluding tert-OH is 1. The van der Waals surface area contributed by atoms with Crippen molar-refractivity contribution < 1.29 is 24.2 Å². The zero-order chi connectivity index (χ0) is 25.2. The minimum absolute atomic E-state index is 0.00989. The lowest BCUT2D eigenvalue weighted by molar-refractivity contribution is -0.132. The number of anilines is 1. The van der Waals surface area contributed by atoms with Crippen molar-refractivity contribution in [2.75, 3.05) is 18.6 Å². The van der Waals surface area contributed by atoms with E-state index in [9.17, 15) is 14.7 Å². The molecule has 1 saturated heterocycles. The molecular formula is C28H24N2O5S. The molecule has 2 heterocycles. The first kappa shape index (κ1) is 23.6. The number of benzene rings is 3. The van der Waals surface area contributed by atoms with Gasteiger partial charge in [-0.2, -0.15) is 0 Å². The third kappa shape index (κ3) is 4.20. The number of methoxy groups -OCH3 is 1. The number of fused-ring (bicyclic) bond motifs is 1. The summed E-state index contributed by atoms with van der Waals surface area (Å²) >= 11 is 1.29. The Bertz CT molecular complexity index is 1480. The first-order valence-corrected chi connectivity index (χ1v) is 12.4. The summed E-state index contributed by atoms with van der Waals surface area (Å²) in [6, 6.07) is 20.7. The number of aromatic nitrogens is 1. The lowest BCUT2D eigenvalue weighted by Gasteiger charge is -2.23. The van der Waals surface area contributed by atoms with Crippen LogP contribution in [0.3, 0.4) is 0 Å². The molecule has 8 heteroatoms. The van der Waals surface area contributed by atoms with Crippen molar-refractivity contribution in [3.63, 3.8) is 0 Å². The molecule has 0 aliphatic carbocycles. The van der Waals surface area contributed by atoms with Gasteiger partial charge in [0.1, 0.15) is 17.3 Å². The second-order valence-electron chi connectivity index (χ2n) is 8.29. The Balaban J connectivity index is 1.66. The van der Waals surface area contributed by atoms with E-state index >= 15 is 0 Å². The summed E-state index contributed by atoms with van der Waals surface area (Å²) in [6.07, 6.45) is 0.837. The van der Waals surface area contributed by atoms with Gasteiger partial charge in [-0.15, -0.1) is 0 Å².